The molecule has 33 heavy (non-hydrogen) atoms. The van der Waals surface area contributed by atoms with E-state index < -0.39 is 5.91 Å². The highest BCUT2D eigenvalue weighted by molar-refractivity contribution is 6.34. The first-order chi connectivity index (χ1) is 15.7. The first-order valence-electron chi connectivity index (χ1n) is 10.2. The third-order valence-corrected chi connectivity index (χ3v) is 5.18. The predicted octanol–water partition coefficient (Wildman–Crippen LogP) is 4.64. The molecule has 7 heteroatoms. The molecule has 0 radical (unpaired) electrons. The van der Waals surface area contributed by atoms with Gasteiger partial charge in [-0.2, -0.15) is 0 Å². The minimum absolute atomic E-state index is 0.0950. The molecule has 6 nitrogen and oxygen atoms in total. The average Bonchev–Trinajstić information content (AvgIpc) is 2.77. The van der Waals surface area contributed by atoms with Crippen LogP contribution in [-0.4, -0.2) is 22.7 Å². The Morgan fingerprint density at radius 3 is 2.33 bits per heavy atom. The number of carbonyl (C=O) groups excluding carboxylic acids is 3. The molecule has 2 amide bonds. The topological polar surface area (TPSA) is 95.5 Å². The van der Waals surface area contributed by atoms with E-state index in [-0.39, 0.29) is 40.3 Å². The number of amides is 2. The maximum absolute atomic E-state index is 12.9. The number of ketones is 1. The quantitative estimate of drug-likeness (QED) is 0.445. The molecule has 168 valence electrons. The van der Waals surface area contributed by atoms with Gasteiger partial charge in [0.15, 0.2) is 5.78 Å². The summed E-state index contributed by atoms with van der Waals surface area (Å²) in [5.74, 6) is -1.10. The summed E-state index contributed by atoms with van der Waals surface area (Å²) in [7, 11) is 0. The SMILES string of the molecule is CC(=O)/C(=C/c1ccccc1)NC(=O)c1c(C)cc(C(=O)NCc2cccc(O)c2)cc1Cl. The first kappa shape index (κ1) is 23.8. The van der Waals surface area contributed by atoms with E-state index in [0.29, 0.717) is 11.1 Å². The number of hydrogen-bond donors (Lipinski definition) is 3. The number of allylic oxidation sites excluding steroid dienone is 1. The number of hydrogen-bond acceptors (Lipinski definition) is 4. The standard InChI is InChI=1S/C26H23ClN2O4/c1-16-11-20(25(32)28-15-19-9-6-10-21(31)12-19)14-22(27)24(16)26(33)29-23(17(2)30)13-18-7-4-3-5-8-18/h3-14,31H,15H2,1-2H3,(H,28,32)(H,29,33)/b23-13-. The number of phenolic OH excluding ortho intramolecular Hbond substituents is 1. The molecule has 0 fully saturated rings. The molecular weight excluding hydrogens is 440 g/mol. The molecule has 0 aliphatic rings. The van der Waals surface area contributed by atoms with Crippen LogP contribution in [0.2, 0.25) is 5.02 Å². The number of halogens is 1. The summed E-state index contributed by atoms with van der Waals surface area (Å²) in [4.78, 5) is 37.5. The van der Waals surface area contributed by atoms with E-state index in [4.69, 9.17) is 11.6 Å². The van der Waals surface area contributed by atoms with Gasteiger partial charge in [0.1, 0.15) is 5.75 Å². The number of aromatic hydroxyl groups is 1. The maximum Gasteiger partial charge on any atom is 0.257 e. The van der Waals surface area contributed by atoms with Crippen molar-refractivity contribution < 1.29 is 19.5 Å². The summed E-state index contributed by atoms with van der Waals surface area (Å²) < 4.78 is 0. The number of rotatable bonds is 7. The highest BCUT2D eigenvalue weighted by Gasteiger charge is 2.19. The van der Waals surface area contributed by atoms with Gasteiger partial charge in [-0.15, -0.1) is 0 Å². The van der Waals surface area contributed by atoms with Gasteiger partial charge in [0.25, 0.3) is 11.8 Å². The molecule has 0 aliphatic carbocycles. The molecule has 3 aromatic rings. The van der Waals surface area contributed by atoms with Gasteiger partial charge in [-0.05, 0) is 54.0 Å². The summed E-state index contributed by atoms with van der Waals surface area (Å²) in [5.41, 5.74) is 2.61. The second-order valence-electron chi connectivity index (χ2n) is 7.48. The average molecular weight is 463 g/mol. The van der Waals surface area contributed by atoms with Crippen LogP contribution < -0.4 is 10.6 Å². The second-order valence-corrected chi connectivity index (χ2v) is 7.89. The van der Waals surface area contributed by atoms with Crippen LogP contribution >= 0.6 is 11.6 Å². The predicted molar refractivity (Wildman–Crippen MR) is 128 cm³/mol. The lowest BCUT2D eigenvalue weighted by Gasteiger charge is -2.13. The zero-order valence-electron chi connectivity index (χ0n) is 18.2. The van der Waals surface area contributed by atoms with E-state index in [1.807, 2.05) is 30.3 Å². The van der Waals surface area contributed by atoms with Crippen molar-refractivity contribution in [3.63, 3.8) is 0 Å². The maximum atomic E-state index is 12.9. The lowest BCUT2D eigenvalue weighted by Crippen LogP contribution is -2.28. The van der Waals surface area contributed by atoms with Gasteiger partial charge in [-0.1, -0.05) is 54.1 Å². The molecule has 0 aromatic heterocycles. The largest absolute Gasteiger partial charge is 0.508 e. The van der Waals surface area contributed by atoms with Crippen molar-refractivity contribution in [3.8, 4) is 5.75 Å². The van der Waals surface area contributed by atoms with Crippen molar-refractivity contribution in [3.05, 3.63) is 105 Å². The Kier molecular flexibility index (Phi) is 7.64. The fourth-order valence-electron chi connectivity index (χ4n) is 3.24. The Hall–Kier alpha value is -3.90. The smallest absolute Gasteiger partial charge is 0.257 e. The van der Waals surface area contributed by atoms with Gasteiger partial charge < -0.3 is 15.7 Å². The normalized spacial score (nSPS) is 11.1. The van der Waals surface area contributed by atoms with E-state index in [0.717, 1.165) is 11.1 Å². The van der Waals surface area contributed by atoms with Gasteiger partial charge in [-0.3, -0.25) is 14.4 Å². The van der Waals surface area contributed by atoms with Gasteiger partial charge in [0.2, 0.25) is 0 Å². The molecule has 0 saturated heterocycles. The van der Waals surface area contributed by atoms with Gasteiger partial charge in [-0.25, -0.2) is 0 Å². The zero-order valence-corrected chi connectivity index (χ0v) is 18.9. The minimum atomic E-state index is -0.540. The van der Waals surface area contributed by atoms with Crippen molar-refractivity contribution in [2.45, 2.75) is 20.4 Å². The number of aryl methyl sites for hydroxylation is 1. The zero-order chi connectivity index (χ0) is 24.0. The van der Waals surface area contributed by atoms with Crippen molar-refractivity contribution >= 4 is 35.3 Å². The van der Waals surface area contributed by atoms with Gasteiger partial charge in [0.05, 0.1) is 16.3 Å². The third kappa shape index (κ3) is 6.30. The highest BCUT2D eigenvalue weighted by atomic mass is 35.5. The molecule has 3 aromatic carbocycles. The Morgan fingerprint density at radius 1 is 0.970 bits per heavy atom. The van der Waals surface area contributed by atoms with E-state index in [1.54, 1.807) is 43.3 Å². The highest BCUT2D eigenvalue weighted by Crippen LogP contribution is 2.23. The molecule has 0 atom stereocenters. The van der Waals surface area contributed by atoms with Crippen LogP contribution in [0.15, 0.2) is 72.4 Å². The van der Waals surface area contributed by atoms with Crippen LogP contribution in [0.3, 0.4) is 0 Å². The Labute approximate surface area is 196 Å². The number of carbonyl (C=O) groups is 3. The van der Waals surface area contributed by atoms with Crippen molar-refractivity contribution in [1.29, 1.82) is 0 Å². The Morgan fingerprint density at radius 2 is 1.70 bits per heavy atom. The molecule has 0 aliphatic heterocycles. The van der Waals surface area contributed by atoms with E-state index in [1.165, 1.54) is 13.0 Å². The van der Waals surface area contributed by atoms with Crippen LogP contribution in [0.5, 0.6) is 5.75 Å². The first-order valence-corrected chi connectivity index (χ1v) is 10.6. The summed E-state index contributed by atoms with van der Waals surface area (Å²) in [6, 6.07) is 18.7. The molecule has 0 unspecified atom stereocenters. The van der Waals surface area contributed by atoms with Crippen molar-refractivity contribution in [1.82, 2.24) is 10.6 Å². The molecule has 0 heterocycles. The van der Waals surface area contributed by atoms with Crippen molar-refractivity contribution in [2.75, 3.05) is 0 Å². The van der Waals surface area contributed by atoms with Crippen LogP contribution in [0, 0.1) is 6.92 Å². The second kappa shape index (κ2) is 10.6. The van der Waals surface area contributed by atoms with E-state index in [2.05, 4.69) is 10.6 Å². The van der Waals surface area contributed by atoms with Gasteiger partial charge in [0, 0.05) is 19.0 Å². The summed E-state index contributed by atoms with van der Waals surface area (Å²) in [5, 5.41) is 15.0. The van der Waals surface area contributed by atoms with Crippen LogP contribution in [-0.2, 0) is 11.3 Å². The Balaban J connectivity index is 1.77. The number of phenols is 1. The fraction of sp³-hybridized carbons (Fsp3) is 0.115. The minimum Gasteiger partial charge on any atom is -0.508 e. The molecular formula is C26H23ClN2O4. The number of Topliss-reactive ketones (excluding diaryl/α,β-unsaturated/α-hetero) is 1. The lowest BCUT2D eigenvalue weighted by molar-refractivity contribution is -0.113. The monoisotopic (exact) mass is 462 g/mol. The molecule has 0 spiro atoms. The summed E-state index contributed by atoms with van der Waals surface area (Å²) in [6.45, 7) is 3.25. The van der Waals surface area contributed by atoms with Crippen LogP contribution in [0.1, 0.15) is 44.3 Å². The van der Waals surface area contributed by atoms with Gasteiger partial charge >= 0.3 is 0 Å². The summed E-state index contributed by atoms with van der Waals surface area (Å²) in [6.07, 6.45) is 1.59. The summed E-state index contributed by atoms with van der Waals surface area (Å²) >= 11 is 6.36. The molecule has 0 bridgehead atoms. The Bertz CT molecular complexity index is 1210. The molecule has 3 rings (SSSR count). The molecule has 0 saturated carbocycles. The molecule has 3 N–H and O–H groups in total. The number of nitrogens with one attached hydrogen (secondary N) is 2. The van der Waals surface area contributed by atoms with Crippen LogP contribution in [0.25, 0.3) is 6.08 Å². The van der Waals surface area contributed by atoms with Crippen molar-refractivity contribution in [2.24, 2.45) is 0 Å². The van der Waals surface area contributed by atoms with Crippen LogP contribution in [0.4, 0.5) is 0 Å². The fourth-order valence-corrected chi connectivity index (χ4v) is 3.59. The van der Waals surface area contributed by atoms with E-state index in [9.17, 15) is 19.5 Å². The number of benzene rings is 3. The third-order valence-electron chi connectivity index (χ3n) is 4.88. The lowest BCUT2D eigenvalue weighted by atomic mass is 10.0. The van der Waals surface area contributed by atoms with E-state index >= 15 is 0 Å².